The quantitative estimate of drug-likeness (QED) is 0.279. The number of aromatic nitrogens is 2. The van der Waals surface area contributed by atoms with Gasteiger partial charge in [0.1, 0.15) is 28.8 Å². The van der Waals surface area contributed by atoms with Crippen LogP contribution in [0.5, 0.6) is 5.75 Å². The number of H-pyrrole nitrogens is 1. The number of piperidine rings is 2. The second-order valence-corrected chi connectivity index (χ2v) is 16.4. The standard InChI is InChI=1S/C39H48FN7O6S/c40-30-20-26(21-31-36(30)38(50)42-34(41-31)24-54-27-8-18-52-19-9-27)53-23-25-6-10-44(11-7-25)12-13-45-14-16-46(17-15-45)32-3-1-2-28-29(32)22-47(39(28)51)33-4-5-35(48)43-37(33)49/h1-3,20-21,25,27,33H,4-19,22-24H2,(H,41,42,50)(H,43,48,49). The Morgan fingerprint density at radius 1 is 0.926 bits per heavy atom. The molecule has 1 aromatic heterocycles. The lowest BCUT2D eigenvalue weighted by atomic mass is 9.98. The van der Waals surface area contributed by atoms with Gasteiger partial charge in [-0.2, -0.15) is 11.8 Å². The fraction of sp³-hybridized carbons (Fsp3) is 0.564. The molecule has 4 fully saturated rings. The lowest BCUT2D eigenvalue weighted by Crippen LogP contribution is -2.52. The third-order valence-corrected chi connectivity index (χ3v) is 13.0. The minimum Gasteiger partial charge on any atom is -0.493 e. The molecule has 6 heterocycles. The molecule has 1 atom stereocenters. The van der Waals surface area contributed by atoms with Crippen LogP contribution in [-0.2, 0) is 26.6 Å². The number of nitrogens with zero attached hydrogens (tertiary/aromatic N) is 5. The number of piperazine rings is 1. The number of carbonyl (C=O) groups is 3. The molecule has 13 nitrogen and oxygen atoms in total. The van der Waals surface area contributed by atoms with E-state index in [9.17, 15) is 19.2 Å². The zero-order valence-electron chi connectivity index (χ0n) is 30.5. The van der Waals surface area contributed by atoms with Gasteiger partial charge < -0.3 is 29.2 Å². The van der Waals surface area contributed by atoms with Crippen LogP contribution in [0.2, 0.25) is 0 Å². The Morgan fingerprint density at radius 2 is 1.69 bits per heavy atom. The zero-order valence-corrected chi connectivity index (χ0v) is 31.3. The summed E-state index contributed by atoms with van der Waals surface area (Å²) in [5.41, 5.74) is 2.54. The summed E-state index contributed by atoms with van der Waals surface area (Å²) in [4.78, 5) is 66.5. The molecule has 4 saturated heterocycles. The van der Waals surface area contributed by atoms with Gasteiger partial charge in [-0.1, -0.05) is 6.07 Å². The van der Waals surface area contributed by atoms with Crippen LogP contribution in [0.25, 0.3) is 10.9 Å². The number of halogens is 1. The SMILES string of the molecule is O=C1CCC(N2Cc3c(cccc3N3CCN(CCN4CCC(COc5cc(F)c6c(=O)[nH]c(CSC7CCOCC7)nc6c5)CC4)CC3)C2=O)C(=O)N1. The first-order chi connectivity index (χ1) is 26.3. The van der Waals surface area contributed by atoms with Gasteiger partial charge in [-0.15, -0.1) is 0 Å². The molecule has 2 N–H and O–H groups in total. The van der Waals surface area contributed by atoms with Crippen LogP contribution in [0.1, 0.15) is 60.3 Å². The third-order valence-electron chi connectivity index (χ3n) is 11.6. The summed E-state index contributed by atoms with van der Waals surface area (Å²) in [5, 5.41) is 2.82. The first-order valence-electron chi connectivity index (χ1n) is 19.3. The van der Waals surface area contributed by atoms with Gasteiger partial charge in [0.05, 0.1) is 17.9 Å². The van der Waals surface area contributed by atoms with Crippen molar-refractivity contribution in [3.8, 4) is 5.75 Å². The number of anilines is 1. The minimum atomic E-state index is -0.616. The van der Waals surface area contributed by atoms with Gasteiger partial charge >= 0.3 is 0 Å². The minimum absolute atomic E-state index is 0.0321. The number of rotatable bonds is 11. The van der Waals surface area contributed by atoms with Crippen molar-refractivity contribution in [2.75, 3.05) is 77.1 Å². The first kappa shape index (κ1) is 36.9. The van der Waals surface area contributed by atoms with E-state index in [0.717, 1.165) is 103 Å². The van der Waals surface area contributed by atoms with Crippen molar-refractivity contribution in [1.29, 1.82) is 0 Å². The number of thioether (sulfide) groups is 1. The maximum Gasteiger partial charge on any atom is 0.261 e. The van der Waals surface area contributed by atoms with Crippen molar-refractivity contribution in [3.05, 3.63) is 63.5 Å². The Morgan fingerprint density at radius 3 is 2.44 bits per heavy atom. The van der Waals surface area contributed by atoms with Crippen molar-refractivity contribution in [1.82, 2.24) is 30.0 Å². The smallest absolute Gasteiger partial charge is 0.261 e. The van der Waals surface area contributed by atoms with Crippen molar-refractivity contribution < 1.29 is 28.2 Å². The molecule has 288 valence electrons. The largest absolute Gasteiger partial charge is 0.493 e. The van der Waals surface area contributed by atoms with Crippen LogP contribution >= 0.6 is 11.8 Å². The van der Waals surface area contributed by atoms with E-state index < -0.39 is 17.4 Å². The Kier molecular flexibility index (Phi) is 11.2. The van der Waals surface area contributed by atoms with E-state index in [1.54, 1.807) is 22.7 Å². The molecule has 0 radical (unpaired) electrons. The normalized spacial score (nSPS) is 22.2. The molecule has 2 aromatic carbocycles. The summed E-state index contributed by atoms with van der Waals surface area (Å²) in [5.74, 6) is 0.451. The number of hydrogen-bond donors (Lipinski definition) is 2. The topological polar surface area (TPSA) is 140 Å². The van der Waals surface area contributed by atoms with E-state index in [2.05, 4.69) is 36.1 Å². The summed E-state index contributed by atoms with van der Waals surface area (Å²) < 4.78 is 26.6. The van der Waals surface area contributed by atoms with Gasteiger partial charge in [0.15, 0.2) is 0 Å². The summed E-state index contributed by atoms with van der Waals surface area (Å²) in [7, 11) is 0. The van der Waals surface area contributed by atoms with Gasteiger partial charge in [0.25, 0.3) is 11.5 Å². The van der Waals surface area contributed by atoms with E-state index in [1.165, 1.54) is 6.07 Å². The van der Waals surface area contributed by atoms with E-state index in [-0.39, 0.29) is 29.5 Å². The highest BCUT2D eigenvalue weighted by Crippen LogP contribution is 2.35. The van der Waals surface area contributed by atoms with Gasteiger partial charge in [0, 0.05) is 99.6 Å². The summed E-state index contributed by atoms with van der Waals surface area (Å²) >= 11 is 1.75. The predicted molar refractivity (Wildman–Crippen MR) is 203 cm³/mol. The maximum atomic E-state index is 15.0. The van der Waals surface area contributed by atoms with Crippen LogP contribution in [0, 0.1) is 11.7 Å². The molecule has 54 heavy (non-hydrogen) atoms. The summed E-state index contributed by atoms with van der Waals surface area (Å²) in [6, 6.07) is 8.20. The lowest BCUT2D eigenvalue weighted by Gasteiger charge is -2.38. The van der Waals surface area contributed by atoms with E-state index in [0.29, 0.717) is 59.1 Å². The predicted octanol–water partition coefficient (Wildman–Crippen LogP) is 3.15. The number of benzene rings is 2. The zero-order chi connectivity index (χ0) is 37.2. The summed E-state index contributed by atoms with van der Waals surface area (Å²) in [6.45, 7) is 9.92. The van der Waals surface area contributed by atoms with Crippen LogP contribution in [0.3, 0.4) is 0 Å². The molecule has 0 bridgehead atoms. The molecule has 0 spiro atoms. The average molecular weight is 762 g/mol. The average Bonchev–Trinajstić information content (AvgIpc) is 3.52. The third kappa shape index (κ3) is 8.14. The summed E-state index contributed by atoms with van der Waals surface area (Å²) in [6.07, 6.45) is 4.56. The highest BCUT2D eigenvalue weighted by Gasteiger charge is 2.40. The van der Waals surface area contributed by atoms with Gasteiger partial charge in [0.2, 0.25) is 11.8 Å². The van der Waals surface area contributed by atoms with Gasteiger partial charge in [-0.25, -0.2) is 9.37 Å². The van der Waals surface area contributed by atoms with E-state index >= 15 is 4.39 Å². The number of likely N-dealkylation sites (tertiary alicyclic amines) is 1. The molecule has 3 aromatic rings. The van der Waals surface area contributed by atoms with Crippen molar-refractivity contribution in [3.63, 3.8) is 0 Å². The fourth-order valence-corrected chi connectivity index (χ4v) is 9.45. The van der Waals surface area contributed by atoms with Crippen molar-refractivity contribution in [2.45, 2.75) is 62.1 Å². The molecule has 5 aliphatic rings. The van der Waals surface area contributed by atoms with Crippen LogP contribution in [-0.4, -0.2) is 126 Å². The lowest BCUT2D eigenvalue weighted by molar-refractivity contribution is -0.136. The number of imide groups is 1. The molecule has 1 unspecified atom stereocenters. The Bertz CT molecular complexity index is 1940. The molecule has 3 amide bonds. The number of fused-ring (bicyclic) bond motifs is 2. The number of carbonyl (C=O) groups excluding carboxylic acids is 3. The number of aromatic amines is 1. The van der Waals surface area contributed by atoms with E-state index in [1.807, 2.05) is 12.1 Å². The van der Waals surface area contributed by atoms with Crippen molar-refractivity contribution >= 4 is 46.1 Å². The van der Waals surface area contributed by atoms with Crippen molar-refractivity contribution in [2.24, 2.45) is 5.92 Å². The first-order valence-corrected chi connectivity index (χ1v) is 20.3. The molecule has 5 aliphatic heterocycles. The molecular weight excluding hydrogens is 714 g/mol. The van der Waals surface area contributed by atoms with Crippen LogP contribution in [0.4, 0.5) is 10.1 Å². The molecular formula is C39H48FN7O6S. The van der Waals surface area contributed by atoms with Gasteiger partial charge in [-0.3, -0.25) is 29.4 Å². The van der Waals surface area contributed by atoms with Crippen LogP contribution in [0.15, 0.2) is 35.1 Å². The number of amides is 3. The Balaban J connectivity index is 0.776. The second-order valence-electron chi connectivity index (χ2n) is 15.1. The second kappa shape index (κ2) is 16.4. The number of nitrogens with one attached hydrogen (secondary N) is 2. The monoisotopic (exact) mass is 761 g/mol. The molecule has 0 saturated carbocycles. The number of hydrogen-bond acceptors (Lipinski definition) is 11. The highest BCUT2D eigenvalue weighted by molar-refractivity contribution is 7.99. The van der Waals surface area contributed by atoms with E-state index in [4.69, 9.17) is 9.47 Å². The van der Waals surface area contributed by atoms with Crippen LogP contribution < -0.4 is 20.5 Å². The molecule has 8 rings (SSSR count). The highest BCUT2D eigenvalue weighted by atomic mass is 32.2. The van der Waals surface area contributed by atoms with Gasteiger partial charge in [-0.05, 0) is 63.2 Å². The fourth-order valence-electron chi connectivity index (χ4n) is 8.39. The molecule has 15 heteroatoms. The maximum absolute atomic E-state index is 15.0. The Hall–Kier alpha value is -4.05. The number of ether oxygens (including phenoxy) is 2. The Labute approximate surface area is 317 Å². The molecule has 0 aliphatic carbocycles.